The van der Waals surface area contributed by atoms with E-state index < -0.39 is 5.82 Å². The Labute approximate surface area is 247 Å². The Morgan fingerprint density at radius 2 is 1.88 bits per heavy atom. The van der Waals surface area contributed by atoms with Gasteiger partial charge in [-0.1, -0.05) is 19.3 Å². The Balaban J connectivity index is 1.18. The summed E-state index contributed by atoms with van der Waals surface area (Å²) in [5.74, 6) is -0.230. The molecule has 0 bridgehead atoms. The van der Waals surface area contributed by atoms with Crippen molar-refractivity contribution in [2.75, 3.05) is 17.3 Å². The summed E-state index contributed by atoms with van der Waals surface area (Å²) in [5.41, 5.74) is 7.15. The normalized spacial score (nSPS) is 15.0. The van der Waals surface area contributed by atoms with Gasteiger partial charge < -0.3 is 20.7 Å². The van der Waals surface area contributed by atoms with Gasteiger partial charge in [-0.2, -0.15) is 0 Å². The average molecular weight is 576 g/mol. The van der Waals surface area contributed by atoms with Crippen molar-refractivity contribution in [3.8, 4) is 28.3 Å². The van der Waals surface area contributed by atoms with Crippen LogP contribution in [-0.2, 0) is 4.79 Å². The van der Waals surface area contributed by atoms with E-state index in [-0.39, 0.29) is 11.7 Å². The third-order valence-corrected chi connectivity index (χ3v) is 8.14. The number of nitrogens with zero attached hydrogens (tertiary/aromatic N) is 4. The third kappa shape index (κ3) is 5.55. The van der Waals surface area contributed by atoms with Gasteiger partial charge in [0.05, 0.1) is 46.6 Å². The predicted molar refractivity (Wildman–Crippen MR) is 165 cm³/mol. The van der Waals surface area contributed by atoms with E-state index in [9.17, 15) is 14.3 Å². The van der Waals surface area contributed by atoms with Crippen molar-refractivity contribution >= 4 is 33.9 Å². The Bertz CT molecular complexity index is 1860. The van der Waals surface area contributed by atoms with Gasteiger partial charge in [0.1, 0.15) is 18.2 Å². The summed E-state index contributed by atoms with van der Waals surface area (Å²) in [4.78, 5) is 34.4. The lowest BCUT2D eigenvalue weighted by Gasteiger charge is -2.21. The molecule has 43 heavy (non-hydrogen) atoms. The number of phenolic OH excluding ortho intramolecular Hbond substituents is 1. The molecule has 1 fully saturated rings. The molecule has 4 N–H and O–H groups in total. The minimum atomic E-state index is -0.538. The molecule has 10 heteroatoms. The van der Waals surface area contributed by atoms with E-state index in [4.69, 9.17) is 4.99 Å². The summed E-state index contributed by atoms with van der Waals surface area (Å²) in [6, 6.07) is 11.6. The fourth-order valence-corrected chi connectivity index (χ4v) is 6.11. The first kappa shape index (κ1) is 26.8. The summed E-state index contributed by atoms with van der Waals surface area (Å²) in [6.45, 7) is 0.381. The number of fused-ring (bicyclic) bond motifs is 2. The van der Waals surface area contributed by atoms with Gasteiger partial charge in [0, 0.05) is 52.5 Å². The van der Waals surface area contributed by atoms with E-state index in [0.29, 0.717) is 41.6 Å². The smallest absolute Gasteiger partial charge is 0.224 e. The summed E-state index contributed by atoms with van der Waals surface area (Å²) >= 11 is 0. The van der Waals surface area contributed by atoms with Crippen molar-refractivity contribution in [3.05, 3.63) is 84.3 Å². The zero-order valence-corrected chi connectivity index (χ0v) is 23.4. The zero-order valence-electron chi connectivity index (χ0n) is 23.4. The minimum Gasteiger partial charge on any atom is -0.508 e. The molecule has 4 aromatic heterocycles. The molecule has 5 aromatic rings. The molecule has 0 saturated heterocycles. The maximum Gasteiger partial charge on any atom is 0.224 e. The first-order valence-electron chi connectivity index (χ1n) is 14.5. The lowest BCUT2D eigenvalue weighted by Crippen LogP contribution is -2.18. The van der Waals surface area contributed by atoms with Crippen molar-refractivity contribution in [3.63, 3.8) is 0 Å². The van der Waals surface area contributed by atoms with Gasteiger partial charge in [0.2, 0.25) is 5.91 Å². The minimum absolute atomic E-state index is 0.0176. The molecule has 0 radical (unpaired) electrons. The van der Waals surface area contributed by atoms with Crippen LogP contribution >= 0.6 is 0 Å². The van der Waals surface area contributed by atoms with Gasteiger partial charge in [0.15, 0.2) is 0 Å². The second kappa shape index (κ2) is 11.3. The number of nitrogens with one attached hydrogen (secondary N) is 3. The highest BCUT2D eigenvalue weighted by atomic mass is 19.1. The number of benzene rings is 1. The molecule has 7 rings (SSSR count). The van der Waals surface area contributed by atoms with Crippen LogP contribution in [-0.4, -0.2) is 43.3 Å². The van der Waals surface area contributed by atoms with Gasteiger partial charge in [-0.25, -0.2) is 4.39 Å². The number of phenols is 1. The van der Waals surface area contributed by atoms with E-state index >= 15 is 0 Å². The third-order valence-electron chi connectivity index (χ3n) is 8.14. The Kier molecular flexibility index (Phi) is 7.02. The second-order valence-corrected chi connectivity index (χ2v) is 11.2. The fourth-order valence-electron chi connectivity index (χ4n) is 6.11. The van der Waals surface area contributed by atoms with Crippen LogP contribution in [0.3, 0.4) is 0 Å². The van der Waals surface area contributed by atoms with Crippen molar-refractivity contribution in [2.45, 2.75) is 38.5 Å². The van der Waals surface area contributed by atoms with Crippen LogP contribution in [0.5, 0.6) is 5.75 Å². The van der Waals surface area contributed by atoms with Gasteiger partial charge in [-0.3, -0.25) is 24.7 Å². The summed E-state index contributed by atoms with van der Waals surface area (Å²) in [6.07, 6.45) is 13.2. The van der Waals surface area contributed by atoms with E-state index in [0.717, 1.165) is 58.0 Å². The molecule has 1 saturated carbocycles. The monoisotopic (exact) mass is 575 g/mol. The number of halogens is 1. The number of amides is 1. The zero-order chi connectivity index (χ0) is 29.3. The average Bonchev–Trinajstić information content (AvgIpc) is 3.45. The lowest BCUT2D eigenvalue weighted by atomic mass is 9.87. The molecule has 0 atom stereocenters. The maximum atomic E-state index is 14.1. The number of anilines is 2. The van der Waals surface area contributed by atoms with E-state index in [1.165, 1.54) is 31.4 Å². The molecule has 1 aliphatic carbocycles. The quantitative estimate of drug-likeness (QED) is 0.179. The molecule has 9 nitrogen and oxygen atoms in total. The first-order chi connectivity index (χ1) is 21.0. The van der Waals surface area contributed by atoms with Crippen LogP contribution in [0.2, 0.25) is 0 Å². The SMILES string of the molecule is O=C(CC1CCCCC1)Nc1cncc(-c2cc3c(cn2)NCN=C3c2cc3c(-c4cc(O)cc(F)c4)nccc3[nH]2)c1. The molecular weight excluding hydrogens is 545 g/mol. The predicted octanol–water partition coefficient (Wildman–Crippen LogP) is 6.66. The molecule has 216 valence electrons. The van der Waals surface area contributed by atoms with Gasteiger partial charge >= 0.3 is 0 Å². The Hall–Kier alpha value is -5.12. The number of carbonyl (C=O) groups excluding carboxylic acids is 1. The van der Waals surface area contributed by atoms with Gasteiger partial charge in [-0.15, -0.1) is 0 Å². The molecule has 5 heterocycles. The summed E-state index contributed by atoms with van der Waals surface area (Å²) in [7, 11) is 0. The number of aromatic nitrogens is 4. The number of carbonyl (C=O) groups is 1. The standard InChI is InChI=1S/C33H30FN7O2/c34-22-9-20(11-24(42)12-22)32-25-14-29(41-27(25)6-7-36-32)33-26-13-28(37-17-30(26)38-18-39-33)21-10-23(16-35-15-21)40-31(43)8-19-4-2-1-3-5-19/h6-7,9-17,19,38,41-42H,1-5,8,18H2,(H,40,43). The highest BCUT2D eigenvalue weighted by molar-refractivity contribution is 6.18. The van der Waals surface area contributed by atoms with Crippen LogP contribution in [0.15, 0.2) is 72.2 Å². The molecule has 0 spiro atoms. The topological polar surface area (TPSA) is 128 Å². The Morgan fingerprint density at radius 3 is 2.74 bits per heavy atom. The molecular formula is C33H30FN7O2. The largest absolute Gasteiger partial charge is 0.508 e. The molecule has 1 aliphatic heterocycles. The van der Waals surface area contributed by atoms with E-state index in [1.54, 1.807) is 24.8 Å². The molecule has 1 aromatic carbocycles. The number of aliphatic imine (C=N–C) groups is 1. The molecule has 0 unspecified atom stereocenters. The number of hydrogen-bond acceptors (Lipinski definition) is 7. The number of aromatic hydroxyl groups is 1. The number of rotatable bonds is 6. The first-order valence-corrected chi connectivity index (χ1v) is 14.5. The second-order valence-electron chi connectivity index (χ2n) is 11.2. The van der Waals surface area contributed by atoms with E-state index in [2.05, 4.69) is 30.6 Å². The summed E-state index contributed by atoms with van der Waals surface area (Å²) in [5, 5.41) is 17.0. The summed E-state index contributed by atoms with van der Waals surface area (Å²) < 4.78 is 14.1. The van der Waals surface area contributed by atoms with Crippen LogP contribution < -0.4 is 10.6 Å². The lowest BCUT2D eigenvalue weighted by molar-refractivity contribution is -0.117. The highest BCUT2D eigenvalue weighted by Gasteiger charge is 2.21. The van der Waals surface area contributed by atoms with E-state index in [1.807, 2.05) is 24.3 Å². The number of H-pyrrole nitrogens is 1. The number of hydrogen-bond donors (Lipinski definition) is 4. The van der Waals surface area contributed by atoms with Crippen molar-refractivity contribution in [1.82, 2.24) is 19.9 Å². The van der Waals surface area contributed by atoms with Gasteiger partial charge in [0.25, 0.3) is 0 Å². The van der Waals surface area contributed by atoms with Crippen LogP contribution in [0.25, 0.3) is 33.4 Å². The molecule has 1 amide bonds. The fraction of sp³-hybridized carbons (Fsp3) is 0.242. The van der Waals surface area contributed by atoms with Crippen LogP contribution in [0.4, 0.5) is 15.8 Å². The van der Waals surface area contributed by atoms with Crippen molar-refractivity contribution in [2.24, 2.45) is 10.9 Å². The van der Waals surface area contributed by atoms with Gasteiger partial charge in [-0.05, 0) is 55.2 Å². The van der Waals surface area contributed by atoms with Crippen molar-refractivity contribution < 1.29 is 14.3 Å². The Morgan fingerprint density at radius 1 is 1.00 bits per heavy atom. The molecule has 2 aliphatic rings. The highest BCUT2D eigenvalue weighted by Crippen LogP contribution is 2.33. The number of aromatic amines is 1. The number of pyridine rings is 3. The van der Waals surface area contributed by atoms with Crippen LogP contribution in [0.1, 0.15) is 49.8 Å². The maximum absolute atomic E-state index is 14.1. The van der Waals surface area contributed by atoms with Crippen molar-refractivity contribution in [1.29, 1.82) is 0 Å². The van der Waals surface area contributed by atoms with Crippen LogP contribution in [0, 0.1) is 11.7 Å².